The lowest BCUT2D eigenvalue weighted by atomic mass is 10.0. The zero-order valence-corrected chi connectivity index (χ0v) is 29.9. The van der Waals surface area contributed by atoms with Crippen molar-refractivity contribution in [3.8, 4) is 17.2 Å². The lowest BCUT2D eigenvalue weighted by molar-refractivity contribution is -0.757. The summed E-state index contributed by atoms with van der Waals surface area (Å²) in [5.41, 5.74) is 10.00. The number of nitrogens with zero attached hydrogens (tertiary/aromatic N) is 1. The van der Waals surface area contributed by atoms with Crippen molar-refractivity contribution in [1.82, 2.24) is 0 Å². The Labute approximate surface area is 310 Å². The average Bonchev–Trinajstić information content (AvgIpc) is 3.36. The van der Waals surface area contributed by atoms with Crippen molar-refractivity contribution in [2.75, 3.05) is 12.9 Å². The van der Waals surface area contributed by atoms with Gasteiger partial charge in [-0.25, -0.2) is 9.18 Å². The third-order valence-electron chi connectivity index (χ3n) is 8.00. The highest BCUT2D eigenvalue weighted by Crippen LogP contribution is 2.44. The molecule has 0 bridgehead atoms. The van der Waals surface area contributed by atoms with Gasteiger partial charge in [0.05, 0.1) is 13.0 Å². The molecule has 0 radical (unpaired) electrons. The lowest BCUT2D eigenvalue weighted by Gasteiger charge is -2.13. The molecule has 0 aromatic heterocycles. The number of esters is 3. The van der Waals surface area contributed by atoms with Crippen LogP contribution in [0.3, 0.4) is 0 Å². The van der Waals surface area contributed by atoms with E-state index in [2.05, 4.69) is 4.84 Å². The Morgan fingerprint density at radius 1 is 0.906 bits per heavy atom. The van der Waals surface area contributed by atoms with Crippen LogP contribution in [0.15, 0.2) is 95.4 Å². The van der Waals surface area contributed by atoms with E-state index in [1.165, 1.54) is 42.5 Å². The molecule has 12 nitrogen and oxygen atoms in total. The molecular formula is C38H31FN2O10S2. The van der Waals surface area contributed by atoms with Crippen molar-refractivity contribution >= 4 is 63.1 Å². The Morgan fingerprint density at radius 3 is 2.26 bits per heavy atom. The molecule has 53 heavy (non-hydrogen) atoms. The Morgan fingerprint density at radius 2 is 1.60 bits per heavy atom. The van der Waals surface area contributed by atoms with Gasteiger partial charge in [-0.15, -0.1) is 10.1 Å². The summed E-state index contributed by atoms with van der Waals surface area (Å²) in [6.07, 6.45) is 2.93. The van der Waals surface area contributed by atoms with E-state index in [0.29, 0.717) is 21.6 Å². The SMILES string of the molecule is CC1=C(CC(=O)Oc2ccc(OC(=O)CCCO[N+](=O)[O-])c(C(=O)Oc3ccc(C(N)=S)cc3)c2)c2cc(F)ccc2C1=Cc1ccc(S(C)=O)cc1. The third kappa shape index (κ3) is 9.84. The zero-order valence-electron chi connectivity index (χ0n) is 28.3. The number of allylic oxidation sites excluding steroid dienone is 2. The van der Waals surface area contributed by atoms with Crippen molar-refractivity contribution in [3.05, 3.63) is 134 Å². The van der Waals surface area contributed by atoms with E-state index in [-0.39, 0.29) is 53.7 Å². The van der Waals surface area contributed by atoms with Crippen LogP contribution in [0.25, 0.3) is 17.2 Å². The Hall–Kier alpha value is -6.06. The van der Waals surface area contributed by atoms with E-state index in [1.54, 1.807) is 36.6 Å². The first-order valence-electron chi connectivity index (χ1n) is 15.9. The van der Waals surface area contributed by atoms with Gasteiger partial charge in [0.15, 0.2) is 0 Å². The van der Waals surface area contributed by atoms with Crippen LogP contribution < -0.4 is 19.9 Å². The van der Waals surface area contributed by atoms with E-state index in [0.717, 1.165) is 22.3 Å². The molecule has 0 saturated heterocycles. The predicted molar refractivity (Wildman–Crippen MR) is 197 cm³/mol. The number of rotatable bonds is 14. The number of thiocarbonyl (C=S) groups is 1. The van der Waals surface area contributed by atoms with Gasteiger partial charge in [0, 0.05) is 33.9 Å². The number of carbonyl (C=O) groups excluding carboxylic acids is 3. The fourth-order valence-corrected chi connectivity index (χ4v) is 6.07. The van der Waals surface area contributed by atoms with Gasteiger partial charge in [-0.2, -0.15) is 0 Å². The van der Waals surface area contributed by atoms with E-state index >= 15 is 0 Å². The number of halogens is 1. The molecule has 1 aliphatic rings. The van der Waals surface area contributed by atoms with Gasteiger partial charge in [-0.05, 0) is 120 Å². The monoisotopic (exact) mass is 758 g/mol. The molecule has 15 heteroatoms. The molecule has 1 aliphatic carbocycles. The second-order valence-corrected chi connectivity index (χ2v) is 13.4. The van der Waals surface area contributed by atoms with Crippen molar-refractivity contribution in [2.45, 2.75) is 31.1 Å². The second-order valence-electron chi connectivity index (χ2n) is 11.6. The number of nitrogens with two attached hydrogens (primary N) is 1. The number of fused-ring (bicyclic) bond motifs is 1. The van der Waals surface area contributed by atoms with Crippen LogP contribution in [-0.2, 0) is 25.2 Å². The first kappa shape index (κ1) is 38.2. The molecule has 0 heterocycles. The minimum Gasteiger partial charge on any atom is -0.426 e. The minimum atomic E-state index is -1.14. The van der Waals surface area contributed by atoms with E-state index in [1.807, 2.05) is 25.1 Å². The summed E-state index contributed by atoms with van der Waals surface area (Å²) < 4.78 is 42.8. The first-order chi connectivity index (χ1) is 25.3. The molecule has 0 aliphatic heterocycles. The Balaban J connectivity index is 1.39. The fraction of sp³-hybridized carbons (Fsp3) is 0.158. The second kappa shape index (κ2) is 17.0. The largest absolute Gasteiger partial charge is 0.426 e. The molecule has 5 rings (SSSR count). The molecule has 2 N–H and O–H groups in total. The zero-order chi connectivity index (χ0) is 38.2. The van der Waals surface area contributed by atoms with Gasteiger partial charge in [0.1, 0.15) is 33.6 Å². The summed E-state index contributed by atoms with van der Waals surface area (Å²) in [5.74, 6) is -3.18. The summed E-state index contributed by atoms with van der Waals surface area (Å²) >= 11 is 4.95. The molecule has 1 unspecified atom stereocenters. The molecule has 4 aromatic carbocycles. The van der Waals surface area contributed by atoms with Crippen molar-refractivity contribution in [3.63, 3.8) is 0 Å². The molecular weight excluding hydrogens is 728 g/mol. The first-order valence-corrected chi connectivity index (χ1v) is 17.9. The van der Waals surface area contributed by atoms with Crippen molar-refractivity contribution in [2.24, 2.45) is 5.73 Å². The van der Waals surface area contributed by atoms with Crippen molar-refractivity contribution < 1.29 is 47.1 Å². The van der Waals surface area contributed by atoms with Gasteiger partial charge < -0.3 is 24.8 Å². The number of hydrogen-bond acceptors (Lipinski definition) is 11. The summed E-state index contributed by atoms with van der Waals surface area (Å²) in [7, 11) is -1.14. The van der Waals surface area contributed by atoms with Gasteiger partial charge in [0.25, 0.3) is 5.09 Å². The summed E-state index contributed by atoms with van der Waals surface area (Å²) in [4.78, 5) is 54.7. The lowest BCUT2D eigenvalue weighted by Crippen LogP contribution is -2.16. The number of ether oxygens (including phenoxy) is 3. The molecule has 0 saturated carbocycles. The highest BCUT2D eigenvalue weighted by atomic mass is 32.2. The smallest absolute Gasteiger partial charge is 0.347 e. The van der Waals surface area contributed by atoms with Crippen LogP contribution in [0.2, 0.25) is 0 Å². The van der Waals surface area contributed by atoms with Crippen LogP contribution in [0.1, 0.15) is 58.8 Å². The molecule has 0 fully saturated rings. The molecule has 272 valence electrons. The average molecular weight is 759 g/mol. The molecule has 0 spiro atoms. The summed E-state index contributed by atoms with van der Waals surface area (Å²) in [5, 5.41) is 9.41. The number of benzene rings is 4. The van der Waals surface area contributed by atoms with Crippen LogP contribution in [0, 0.1) is 15.9 Å². The van der Waals surface area contributed by atoms with Crippen LogP contribution in [0.4, 0.5) is 4.39 Å². The molecule has 1 atom stereocenters. The van der Waals surface area contributed by atoms with Gasteiger partial charge in [-0.3, -0.25) is 13.8 Å². The highest BCUT2D eigenvalue weighted by molar-refractivity contribution is 7.84. The molecule has 4 aromatic rings. The topological polar surface area (TPSA) is 174 Å². The maximum Gasteiger partial charge on any atom is 0.347 e. The van der Waals surface area contributed by atoms with E-state index in [9.17, 15) is 33.1 Å². The summed E-state index contributed by atoms with van der Waals surface area (Å²) in [6.45, 7) is 1.48. The van der Waals surface area contributed by atoms with Crippen molar-refractivity contribution in [1.29, 1.82) is 0 Å². The van der Waals surface area contributed by atoms with Crippen LogP contribution in [-0.4, -0.2) is 45.1 Å². The Bertz CT molecular complexity index is 2200. The standard InChI is InChI=1S/C38H31FN2O10S2/c1-22-30(18-23-5-13-28(14-6-23)53(2)47)29-15-9-25(39)19-32(29)31(22)21-36(43)49-27-12-16-34(51-35(42)4-3-17-48-41(45)46)33(20-27)38(44)50-26-10-7-24(8-11-26)37(40)52/h5-16,18-20H,3-4,17,21H2,1-2H3,(H2,40,52). The fourth-order valence-electron chi connectivity index (χ4n) is 5.42. The van der Waals surface area contributed by atoms with Gasteiger partial charge >= 0.3 is 17.9 Å². The van der Waals surface area contributed by atoms with Crippen LogP contribution in [0.5, 0.6) is 17.2 Å². The Kier molecular flexibility index (Phi) is 12.2. The predicted octanol–water partition coefficient (Wildman–Crippen LogP) is 6.63. The maximum atomic E-state index is 14.5. The van der Waals surface area contributed by atoms with E-state index in [4.69, 9.17) is 32.2 Å². The summed E-state index contributed by atoms with van der Waals surface area (Å²) in [6, 6.07) is 21.2. The van der Waals surface area contributed by atoms with Gasteiger partial charge in [-0.1, -0.05) is 30.4 Å². The van der Waals surface area contributed by atoms with Gasteiger partial charge in [0.2, 0.25) is 0 Å². The number of carbonyl (C=O) groups is 3. The maximum absolute atomic E-state index is 14.5. The highest BCUT2D eigenvalue weighted by Gasteiger charge is 2.27. The minimum absolute atomic E-state index is 0.0306. The third-order valence-corrected chi connectivity index (χ3v) is 9.17. The van der Waals surface area contributed by atoms with Crippen LogP contribution >= 0.6 is 12.2 Å². The number of hydrogen-bond donors (Lipinski definition) is 1. The quantitative estimate of drug-likeness (QED) is 0.0363. The molecule has 0 amide bonds. The normalized spacial score (nSPS) is 13.2. The van der Waals surface area contributed by atoms with E-state index < -0.39 is 39.6 Å².